The van der Waals surface area contributed by atoms with E-state index in [1.807, 2.05) is 0 Å². The molecule has 2 fully saturated rings. The van der Waals surface area contributed by atoms with Crippen LogP contribution in [0.25, 0.3) is 0 Å². The number of hydrogen-bond acceptors (Lipinski definition) is 4. The lowest BCUT2D eigenvalue weighted by atomic mass is 9.95. The molecule has 2 rings (SSSR count). The van der Waals surface area contributed by atoms with Gasteiger partial charge in [-0.25, -0.2) is 5.53 Å². The first kappa shape index (κ1) is 9.09. The fourth-order valence-electron chi connectivity index (χ4n) is 2.16. The monoisotopic (exact) mass is 182 g/mol. The molecule has 0 unspecified atom stereocenters. The van der Waals surface area contributed by atoms with Gasteiger partial charge in [0.1, 0.15) is 0 Å². The van der Waals surface area contributed by atoms with Crippen LogP contribution in [0.3, 0.4) is 0 Å². The Kier molecular flexibility index (Phi) is 2.90. The van der Waals surface area contributed by atoms with E-state index in [-0.39, 0.29) is 0 Å². The van der Waals surface area contributed by atoms with Gasteiger partial charge in [0.15, 0.2) is 0 Å². The van der Waals surface area contributed by atoms with Crippen molar-refractivity contribution >= 4 is 0 Å². The molecule has 0 radical (unpaired) electrons. The summed E-state index contributed by atoms with van der Waals surface area (Å²) < 4.78 is 0. The van der Waals surface area contributed by atoms with Crippen LogP contribution in [0.15, 0.2) is 5.11 Å². The number of hydrogen-bond donors (Lipinski definition) is 2. The van der Waals surface area contributed by atoms with Crippen LogP contribution in [0.4, 0.5) is 0 Å². The van der Waals surface area contributed by atoms with Crippen LogP contribution in [0.1, 0.15) is 12.8 Å². The second kappa shape index (κ2) is 4.15. The van der Waals surface area contributed by atoms with E-state index in [1.54, 1.807) is 0 Å². The molecule has 0 aromatic rings. The zero-order valence-corrected chi connectivity index (χ0v) is 8.00. The summed E-state index contributed by atoms with van der Waals surface area (Å²) in [6, 6.07) is 0.800. The molecule has 74 valence electrons. The van der Waals surface area contributed by atoms with Crippen molar-refractivity contribution in [1.29, 1.82) is 5.53 Å². The van der Waals surface area contributed by atoms with Crippen molar-refractivity contribution in [1.82, 2.24) is 10.2 Å². The Bertz CT molecular complexity index is 170. The lowest BCUT2D eigenvalue weighted by molar-refractivity contribution is 0.100. The highest BCUT2D eigenvalue weighted by atomic mass is 15.2. The molecule has 2 saturated heterocycles. The molecule has 0 amide bonds. The van der Waals surface area contributed by atoms with Crippen molar-refractivity contribution < 1.29 is 0 Å². The van der Waals surface area contributed by atoms with Gasteiger partial charge in [-0.15, -0.1) is 0 Å². The van der Waals surface area contributed by atoms with E-state index in [0.29, 0.717) is 5.92 Å². The molecular weight excluding hydrogens is 164 g/mol. The van der Waals surface area contributed by atoms with Crippen molar-refractivity contribution in [3.8, 4) is 0 Å². The van der Waals surface area contributed by atoms with Crippen LogP contribution in [-0.2, 0) is 0 Å². The molecule has 0 bridgehead atoms. The fraction of sp³-hybridized carbons (Fsp3) is 1.00. The van der Waals surface area contributed by atoms with Gasteiger partial charge in [-0.3, -0.25) is 4.90 Å². The average molecular weight is 182 g/mol. The third-order valence-corrected chi connectivity index (χ3v) is 3.27. The molecule has 0 spiro atoms. The molecule has 13 heavy (non-hydrogen) atoms. The lowest BCUT2D eigenvalue weighted by Gasteiger charge is -2.41. The number of likely N-dealkylation sites (tertiary alicyclic amines) is 1. The van der Waals surface area contributed by atoms with Crippen LogP contribution in [0.5, 0.6) is 0 Å². The summed E-state index contributed by atoms with van der Waals surface area (Å²) in [4.78, 5) is 2.58. The summed E-state index contributed by atoms with van der Waals surface area (Å²) in [7, 11) is 0. The number of nitrogens with one attached hydrogen (secondary N) is 2. The van der Waals surface area contributed by atoms with E-state index >= 15 is 0 Å². The summed E-state index contributed by atoms with van der Waals surface area (Å²) in [5.74, 6) is 0.682. The molecule has 0 aromatic heterocycles. The number of rotatable bonds is 3. The van der Waals surface area contributed by atoms with E-state index in [0.717, 1.165) is 12.6 Å². The van der Waals surface area contributed by atoms with Crippen molar-refractivity contribution in [2.75, 3.05) is 32.7 Å². The maximum absolute atomic E-state index is 6.82. The van der Waals surface area contributed by atoms with Crippen LogP contribution < -0.4 is 5.32 Å². The van der Waals surface area contributed by atoms with Crippen molar-refractivity contribution in [3.05, 3.63) is 0 Å². The van der Waals surface area contributed by atoms with E-state index in [9.17, 15) is 0 Å². The highest BCUT2D eigenvalue weighted by molar-refractivity contribution is 4.87. The first-order chi connectivity index (χ1) is 6.40. The Labute approximate surface area is 79.2 Å². The highest BCUT2D eigenvalue weighted by Gasteiger charge is 2.28. The quantitative estimate of drug-likeness (QED) is 0.631. The van der Waals surface area contributed by atoms with Gasteiger partial charge in [-0.2, -0.15) is 5.11 Å². The Morgan fingerprint density at radius 1 is 1.31 bits per heavy atom. The molecule has 0 atom stereocenters. The van der Waals surface area contributed by atoms with Crippen LogP contribution in [0.2, 0.25) is 0 Å². The topological polar surface area (TPSA) is 51.5 Å². The third kappa shape index (κ3) is 2.06. The van der Waals surface area contributed by atoms with Gasteiger partial charge in [-0.05, 0) is 31.8 Å². The minimum Gasteiger partial charge on any atom is -0.314 e. The zero-order valence-electron chi connectivity index (χ0n) is 8.00. The molecule has 4 heteroatoms. The van der Waals surface area contributed by atoms with E-state index < -0.39 is 0 Å². The fourth-order valence-corrected chi connectivity index (χ4v) is 2.16. The largest absolute Gasteiger partial charge is 0.314 e. The van der Waals surface area contributed by atoms with E-state index in [4.69, 9.17) is 5.53 Å². The number of nitrogens with zero attached hydrogens (tertiary/aromatic N) is 2. The van der Waals surface area contributed by atoms with Gasteiger partial charge in [-0.1, -0.05) is 0 Å². The first-order valence-corrected chi connectivity index (χ1v) is 5.18. The molecule has 4 nitrogen and oxygen atoms in total. The standard InChI is InChI=1S/C9H18N4/c10-12-5-8-1-3-13(4-2-8)9-6-11-7-9/h8-11H,1-7H2. The normalized spacial score (nSPS) is 27.1. The van der Waals surface area contributed by atoms with Crippen molar-refractivity contribution in [2.24, 2.45) is 11.0 Å². The highest BCUT2D eigenvalue weighted by Crippen LogP contribution is 2.20. The Balaban J connectivity index is 1.72. The summed E-state index contributed by atoms with van der Waals surface area (Å²) in [5, 5.41) is 6.79. The van der Waals surface area contributed by atoms with Crippen molar-refractivity contribution in [3.63, 3.8) is 0 Å². The van der Waals surface area contributed by atoms with Crippen LogP contribution in [0, 0.1) is 11.4 Å². The summed E-state index contributed by atoms with van der Waals surface area (Å²) in [5.41, 5.74) is 6.82. The van der Waals surface area contributed by atoms with Crippen LogP contribution in [-0.4, -0.2) is 43.7 Å². The van der Waals surface area contributed by atoms with Gasteiger partial charge < -0.3 is 5.32 Å². The second-order valence-electron chi connectivity index (χ2n) is 4.13. The summed E-state index contributed by atoms with van der Waals surface area (Å²) in [6.45, 7) is 5.52. The van der Waals surface area contributed by atoms with Gasteiger partial charge in [0, 0.05) is 19.1 Å². The van der Waals surface area contributed by atoms with Gasteiger partial charge >= 0.3 is 0 Å². The second-order valence-corrected chi connectivity index (χ2v) is 4.13. The summed E-state index contributed by atoms with van der Waals surface area (Å²) >= 11 is 0. The predicted octanol–water partition coefficient (Wildman–Crippen LogP) is 0.701. The first-order valence-electron chi connectivity index (χ1n) is 5.18. The van der Waals surface area contributed by atoms with Gasteiger partial charge in [0.2, 0.25) is 0 Å². The SMILES string of the molecule is N=NCC1CCN(C2CNC2)CC1. The maximum Gasteiger partial charge on any atom is 0.0625 e. The Morgan fingerprint density at radius 3 is 2.46 bits per heavy atom. The minimum atomic E-state index is 0.682. The molecule has 2 aliphatic heterocycles. The molecular formula is C9H18N4. The lowest BCUT2D eigenvalue weighted by Crippen LogP contribution is -2.58. The Hall–Kier alpha value is -0.480. The Morgan fingerprint density at radius 2 is 2.00 bits per heavy atom. The van der Waals surface area contributed by atoms with Crippen molar-refractivity contribution in [2.45, 2.75) is 18.9 Å². The molecule has 2 heterocycles. The number of piperidine rings is 1. The van der Waals surface area contributed by atoms with Gasteiger partial charge in [0.05, 0.1) is 6.54 Å². The third-order valence-electron chi connectivity index (χ3n) is 3.27. The molecule has 0 saturated carbocycles. The molecule has 0 aliphatic carbocycles. The zero-order chi connectivity index (χ0) is 9.10. The van der Waals surface area contributed by atoms with Crippen LogP contribution >= 0.6 is 0 Å². The molecule has 2 aliphatic rings. The predicted molar refractivity (Wildman–Crippen MR) is 51.0 cm³/mol. The average Bonchev–Trinajstić information content (AvgIpc) is 2.06. The molecule has 0 aromatic carbocycles. The van der Waals surface area contributed by atoms with E-state index in [1.165, 1.54) is 39.0 Å². The van der Waals surface area contributed by atoms with Gasteiger partial charge in [0.25, 0.3) is 0 Å². The van der Waals surface area contributed by atoms with E-state index in [2.05, 4.69) is 15.3 Å². The smallest absolute Gasteiger partial charge is 0.0625 e. The maximum atomic E-state index is 6.82. The molecule has 2 N–H and O–H groups in total. The minimum absolute atomic E-state index is 0.682. The summed E-state index contributed by atoms with van der Waals surface area (Å²) in [6.07, 6.45) is 2.47.